The molecule has 0 unspecified atom stereocenters. The van der Waals surface area contributed by atoms with Gasteiger partial charge in [0.25, 0.3) is 0 Å². The number of carbonyl (C=O) groups is 1. The maximum absolute atomic E-state index is 11.5. The van der Waals surface area contributed by atoms with Crippen LogP contribution < -0.4 is 5.73 Å². The van der Waals surface area contributed by atoms with Crippen molar-refractivity contribution < 1.29 is 4.79 Å². The Bertz CT molecular complexity index is 719. The SMILES string of the molecule is NC(=O)c1cc(-c2ncncn2)cc(-c2ncncn2)c1. The summed E-state index contributed by atoms with van der Waals surface area (Å²) in [6.45, 7) is 0. The molecule has 2 heterocycles. The third-order valence-corrected chi connectivity index (χ3v) is 2.72. The number of carbonyl (C=O) groups excluding carboxylic acids is 1. The van der Waals surface area contributed by atoms with E-state index in [1.165, 1.54) is 25.3 Å². The van der Waals surface area contributed by atoms with Crippen LogP contribution in [0.4, 0.5) is 0 Å². The molecule has 0 aliphatic carbocycles. The number of rotatable bonds is 3. The summed E-state index contributed by atoms with van der Waals surface area (Å²) in [6.07, 6.45) is 5.51. The highest BCUT2D eigenvalue weighted by Gasteiger charge is 2.11. The van der Waals surface area contributed by atoms with E-state index in [4.69, 9.17) is 5.73 Å². The minimum atomic E-state index is -0.554. The number of hydrogen-bond donors (Lipinski definition) is 1. The van der Waals surface area contributed by atoms with Crippen molar-refractivity contribution in [1.82, 2.24) is 29.9 Å². The van der Waals surface area contributed by atoms with Crippen molar-refractivity contribution in [2.24, 2.45) is 5.73 Å². The highest BCUT2D eigenvalue weighted by Crippen LogP contribution is 2.23. The van der Waals surface area contributed by atoms with E-state index in [2.05, 4.69) is 29.9 Å². The number of aromatic nitrogens is 6. The maximum Gasteiger partial charge on any atom is 0.248 e. The Morgan fingerprint density at radius 3 is 1.57 bits per heavy atom. The number of amides is 1. The molecule has 0 fully saturated rings. The Balaban J connectivity index is 2.18. The molecule has 2 N–H and O–H groups in total. The summed E-state index contributed by atoms with van der Waals surface area (Å²) in [4.78, 5) is 35.2. The van der Waals surface area contributed by atoms with E-state index in [1.807, 2.05) is 0 Å². The number of nitrogens with zero attached hydrogens (tertiary/aromatic N) is 6. The van der Waals surface area contributed by atoms with Crippen LogP contribution in [0.3, 0.4) is 0 Å². The molecular weight excluding hydrogens is 270 g/mol. The predicted molar refractivity (Wildman–Crippen MR) is 72.6 cm³/mol. The van der Waals surface area contributed by atoms with Crippen molar-refractivity contribution in [1.29, 1.82) is 0 Å². The molecule has 3 aromatic rings. The zero-order valence-corrected chi connectivity index (χ0v) is 10.7. The van der Waals surface area contributed by atoms with Gasteiger partial charge in [0.1, 0.15) is 25.3 Å². The minimum Gasteiger partial charge on any atom is -0.366 e. The van der Waals surface area contributed by atoms with Crippen LogP contribution in [-0.4, -0.2) is 35.8 Å². The van der Waals surface area contributed by atoms with Crippen molar-refractivity contribution in [3.05, 3.63) is 49.1 Å². The molecule has 0 aliphatic rings. The highest BCUT2D eigenvalue weighted by molar-refractivity contribution is 5.95. The minimum absolute atomic E-state index is 0.323. The molecule has 2 aromatic heterocycles. The van der Waals surface area contributed by atoms with Gasteiger partial charge in [-0.05, 0) is 18.2 Å². The van der Waals surface area contributed by atoms with Crippen LogP contribution >= 0.6 is 0 Å². The summed E-state index contributed by atoms with van der Waals surface area (Å²) in [5.41, 5.74) is 6.94. The molecule has 0 saturated heterocycles. The van der Waals surface area contributed by atoms with Crippen molar-refractivity contribution in [2.45, 2.75) is 0 Å². The number of primary amides is 1. The first-order valence-electron chi connectivity index (χ1n) is 5.93. The van der Waals surface area contributed by atoms with E-state index in [-0.39, 0.29) is 0 Å². The molecule has 0 radical (unpaired) electrons. The second-order valence-corrected chi connectivity index (χ2v) is 4.09. The normalized spacial score (nSPS) is 10.3. The van der Waals surface area contributed by atoms with Crippen LogP contribution in [0.1, 0.15) is 10.4 Å². The van der Waals surface area contributed by atoms with Gasteiger partial charge in [0.2, 0.25) is 5.91 Å². The number of hydrogen-bond acceptors (Lipinski definition) is 7. The van der Waals surface area contributed by atoms with Gasteiger partial charge in [0, 0.05) is 16.7 Å². The van der Waals surface area contributed by atoms with Gasteiger partial charge in [-0.1, -0.05) is 0 Å². The van der Waals surface area contributed by atoms with Crippen molar-refractivity contribution in [2.75, 3.05) is 0 Å². The van der Waals surface area contributed by atoms with Crippen LogP contribution in [0.25, 0.3) is 22.8 Å². The first-order valence-corrected chi connectivity index (χ1v) is 5.93. The van der Waals surface area contributed by atoms with Crippen LogP contribution in [0.15, 0.2) is 43.5 Å². The average Bonchev–Trinajstić information content (AvgIpc) is 2.56. The van der Waals surface area contributed by atoms with E-state index in [0.717, 1.165) is 0 Å². The molecule has 1 amide bonds. The van der Waals surface area contributed by atoms with E-state index in [1.54, 1.807) is 18.2 Å². The van der Waals surface area contributed by atoms with E-state index < -0.39 is 5.91 Å². The van der Waals surface area contributed by atoms with E-state index >= 15 is 0 Å². The second kappa shape index (κ2) is 5.37. The van der Waals surface area contributed by atoms with Crippen molar-refractivity contribution in [3.8, 4) is 22.8 Å². The van der Waals surface area contributed by atoms with E-state index in [0.29, 0.717) is 28.3 Å². The van der Waals surface area contributed by atoms with Gasteiger partial charge in [-0.3, -0.25) is 4.79 Å². The lowest BCUT2D eigenvalue weighted by Crippen LogP contribution is -2.11. The molecule has 0 saturated carbocycles. The number of benzene rings is 1. The molecule has 3 rings (SSSR count). The van der Waals surface area contributed by atoms with Gasteiger partial charge in [0.15, 0.2) is 11.6 Å². The summed E-state index contributed by atoms with van der Waals surface area (Å²) in [5, 5.41) is 0. The first-order chi connectivity index (χ1) is 10.2. The largest absolute Gasteiger partial charge is 0.366 e. The van der Waals surface area contributed by atoms with Crippen LogP contribution in [0.2, 0.25) is 0 Å². The van der Waals surface area contributed by atoms with Gasteiger partial charge in [-0.15, -0.1) is 0 Å². The molecule has 0 atom stereocenters. The Morgan fingerprint density at radius 1 is 0.762 bits per heavy atom. The van der Waals surface area contributed by atoms with Gasteiger partial charge in [-0.25, -0.2) is 29.9 Å². The maximum atomic E-state index is 11.5. The molecule has 8 nitrogen and oxygen atoms in total. The second-order valence-electron chi connectivity index (χ2n) is 4.09. The fourth-order valence-electron chi connectivity index (χ4n) is 1.80. The molecule has 0 bridgehead atoms. The zero-order chi connectivity index (χ0) is 14.7. The molecule has 0 aliphatic heterocycles. The quantitative estimate of drug-likeness (QED) is 0.740. The molecular formula is C13H9N7O. The van der Waals surface area contributed by atoms with E-state index in [9.17, 15) is 4.79 Å². The van der Waals surface area contributed by atoms with Gasteiger partial charge in [-0.2, -0.15) is 0 Å². The van der Waals surface area contributed by atoms with Gasteiger partial charge < -0.3 is 5.73 Å². The first kappa shape index (κ1) is 12.7. The predicted octanol–water partition coefficient (Wildman–Crippen LogP) is 0.490. The molecule has 0 spiro atoms. The standard InChI is InChI=1S/C13H9N7O/c14-11(21)8-1-9(12-17-4-15-5-18-12)3-10(2-8)13-19-6-16-7-20-13/h1-7H,(H2,14,21). The lowest BCUT2D eigenvalue weighted by atomic mass is 10.0. The smallest absolute Gasteiger partial charge is 0.248 e. The van der Waals surface area contributed by atoms with Crippen LogP contribution in [0.5, 0.6) is 0 Å². The highest BCUT2D eigenvalue weighted by atomic mass is 16.1. The zero-order valence-electron chi connectivity index (χ0n) is 10.7. The summed E-state index contributed by atoms with van der Waals surface area (Å²) in [7, 11) is 0. The Kier molecular flexibility index (Phi) is 3.26. The third kappa shape index (κ3) is 2.68. The molecule has 1 aromatic carbocycles. The molecule has 21 heavy (non-hydrogen) atoms. The Labute approximate surface area is 119 Å². The average molecular weight is 279 g/mol. The summed E-state index contributed by atoms with van der Waals surface area (Å²) in [6, 6.07) is 5.00. The fraction of sp³-hybridized carbons (Fsp3) is 0. The van der Waals surface area contributed by atoms with Crippen molar-refractivity contribution in [3.63, 3.8) is 0 Å². The summed E-state index contributed by atoms with van der Waals surface area (Å²) >= 11 is 0. The molecule has 8 heteroatoms. The Hall–Kier alpha value is -3.29. The van der Waals surface area contributed by atoms with Crippen LogP contribution in [0, 0.1) is 0 Å². The monoisotopic (exact) mass is 279 g/mol. The van der Waals surface area contributed by atoms with Crippen LogP contribution in [-0.2, 0) is 0 Å². The topological polar surface area (TPSA) is 120 Å². The summed E-state index contributed by atoms with van der Waals surface area (Å²) < 4.78 is 0. The number of nitrogens with two attached hydrogens (primary N) is 1. The summed E-state index contributed by atoms with van der Waals surface area (Å²) in [5.74, 6) is 0.313. The van der Waals surface area contributed by atoms with Gasteiger partial charge in [0.05, 0.1) is 0 Å². The molecule has 102 valence electrons. The van der Waals surface area contributed by atoms with Crippen molar-refractivity contribution >= 4 is 5.91 Å². The lowest BCUT2D eigenvalue weighted by Gasteiger charge is -2.06. The van der Waals surface area contributed by atoms with Gasteiger partial charge >= 0.3 is 0 Å². The fourth-order valence-corrected chi connectivity index (χ4v) is 1.80. The lowest BCUT2D eigenvalue weighted by molar-refractivity contribution is 0.100. The Morgan fingerprint density at radius 2 is 1.19 bits per heavy atom. The third-order valence-electron chi connectivity index (χ3n) is 2.72.